The van der Waals surface area contributed by atoms with Crippen molar-refractivity contribution in [2.45, 2.75) is 41.5 Å². The smallest absolute Gasteiger partial charge is 0.129 e. The highest BCUT2D eigenvalue weighted by Gasteiger charge is 1.89. The van der Waals surface area contributed by atoms with Crippen LogP contribution in [0.3, 0.4) is 0 Å². The predicted molar refractivity (Wildman–Crippen MR) is 95.7 cm³/mol. The van der Waals surface area contributed by atoms with E-state index in [0.29, 0.717) is 34.1 Å². The molecular weight excluding hydrogens is 302 g/mol. The molecule has 0 aliphatic carbocycles. The third-order valence-corrected chi connectivity index (χ3v) is 2.67. The van der Waals surface area contributed by atoms with Crippen molar-refractivity contribution in [1.82, 2.24) is 34.9 Å². The van der Waals surface area contributed by atoms with Crippen molar-refractivity contribution in [3.05, 3.63) is 51.7 Å². The van der Waals surface area contributed by atoms with Gasteiger partial charge in [-0.2, -0.15) is 0 Å². The number of hydrogen-bond donors (Lipinski definition) is 2. The first-order valence-corrected chi connectivity index (χ1v) is 7.52. The Morgan fingerprint density at radius 2 is 1.12 bits per heavy atom. The van der Waals surface area contributed by atoms with Gasteiger partial charge in [-0.05, 0) is 47.6 Å². The van der Waals surface area contributed by atoms with Crippen LogP contribution < -0.4 is 10.8 Å². The number of aryl methyl sites for hydroxylation is 6. The molecule has 1 rings (SSSR count). The van der Waals surface area contributed by atoms with Gasteiger partial charge < -0.3 is 9.97 Å². The summed E-state index contributed by atoms with van der Waals surface area (Å²) in [5.41, 5.74) is 1.33. The molecule has 0 unspecified atom stereocenters. The summed E-state index contributed by atoms with van der Waals surface area (Å²) in [4.78, 5) is 27.8. The van der Waals surface area contributed by atoms with Crippen molar-refractivity contribution in [2.75, 3.05) is 0 Å². The maximum absolute atomic E-state index is 4.39. The summed E-state index contributed by atoms with van der Waals surface area (Å²) in [6.45, 7) is 18.7. The number of aromatic nitrogens is 7. The van der Waals surface area contributed by atoms with Gasteiger partial charge >= 0.3 is 0 Å². The van der Waals surface area contributed by atoms with E-state index in [4.69, 9.17) is 0 Å². The van der Waals surface area contributed by atoms with Crippen LogP contribution in [0.25, 0.3) is 13.2 Å². The Bertz CT molecular complexity index is 807. The number of aromatic amines is 2. The summed E-state index contributed by atoms with van der Waals surface area (Å²) < 4.78 is 0. The van der Waals surface area contributed by atoms with E-state index < -0.39 is 0 Å². The van der Waals surface area contributed by atoms with E-state index in [1.54, 1.807) is 20.8 Å². The van der Waals surface area contributed by atoms with Crippen LogP contribution in [-0.2, 0) is 0 Å². The minimum absolute atomic E-state index is 0.449. The van der Waals surface area contributed by atoms with Crippen molar-refractivity contribution < 1.29 is 0 Å². The van der Waals surface area contributed by atoms with Gasteiger partial charge in [0.1, 0.15) is 34.6 Å². The summed E-state index contributed by atoms with van der Waals surface area (Å²) in [5.74, 6) is 2.98. The van der Waals surface area contributed by atoms with Gasteiger partial charge in [-0.3, -0.25) is 0 Å². The zero-order chi connectivity index (χ0) is 18.3. The number of nitrogens with one attached hydrogen (secondary N) is 2. The van der Waals surface area contributed by atoms with Gasteiger partial charge in [0.25, 0.3) is 0 Å². The van der Waals surface area contributed by atoms with E-state index in [1.807, 2.05) is 26.8 Å². The predicted octanol–water partition coefficient (Wildman–Crippen LogP) is 1.36. The third-order valence-electron chi connectivity index (χ3n) is 2.67. The molecule has 0 aromatic carbocycles. The normalized spacial score (nSPS) is 9.58. The van der Waals surface area contributed by atoms with Crippen LogP contribution >= 0.6 is 0 Å². The fourth-order valence-corrected chi connectivity index (χ4v) is 2.10. The molecule has 7 nitrogen and oxygen atoms in total. The lowest BCUT2D eigenvalue weighted by Crippen LogP contribution is -2.17. The van der Waals surface area contributed by atoms with Crippen molar-refractivity contribution >= 4 is 13.2 Å². The second-order valence-corrected chi connectivity index (χ2v) is 5.38. The number of hydrogen-bond acceptors (Lipinski definition) is 5. The van der Waals surface area contributed by atoms with E-state index in [2.05, 4.69) is 48.0 Å². The molecule has 0 spiro atoms. The molecule has 128 valence electrons. The van der Waals surface area contributed by atoms with Gasteiger partial charge in [0.15, 0.2) is 0 Å². The molecule has 0 saturated carbocycles. The molecule has 1 aromatic rings. The fourth-order valence-electron chi connectivity index (χ4n) is 2.10. The van der Waals surface area contributed by atoms with Crippen molar-refractivity contribution in [3.8, 4) is 0 Å². The van der Waals surface area contributed by atoms with Crippen molar-refractivity contribution in [2.24, 2.45) is 0 Å². The third kappa shape index (κ3) is 7.44. The van der Waals surface area contributed by atoms with E-state index in [1.165, 1.54) is 0 Å². The van der Waals surface area contributed by atoms with Crippen molar-refractivity contribution in [3.63, 3.8) is 0 Å². The van der Waals surface area contributed by atoms with Crippen molar-refractivity contribution in [1.29, 1.82) is 0 Å². The second kappa shape index (κ2) is 8.71. The molecule has 0 fully saturated rings. The van der Waals surface area contributed by atoms with Crippen LogP contribution in [0.4, 0.5) is 0 Å². The van der Waals surface area contributed by atoms with Crippen LogP contribution in [-0.4, -0.2) is 34.9 Å². The molecule has 0 aliphatic heterocycles. The molecule has 7 heteroatoms. The largest absolute Gasteiger partial charge is 0.348 e. The van der Waals surface area contributed by atoms with Gasteiger partial charge in [0, 0.05) is 11.0 Å². The Kier molecular flexibility index (Phi) is 6.98. The van der Waals surface area contributed by atoms with E-state index in [9.17, 15) is 0 Å². The minimum Gasteiger partial charge on any atom is -0.348 e. The van der Waals surface area contributed by atoms with Gasteiger partial charge in [0.2, 0.25) is 0 Å². The van der Waals surface area contributed by atoms with Crippen LogP contribution in [0.1, 0.15) is 34.8 Å². The van der Waals surface area contributed by atoms with Crippen LogP contribution in [0, 0.1) is 41.5 Å². The summed E-state index contributed by atoms with van der Waals surface area (Å²) in [7, 11) is 0. The average Bonchev–Trinajstić information content (AvgIpc) is 2.34. The number of rotatable bonds is 0. The topological polar surface area (TPSA) is 96.0 Å². The molecule has 1 aromatic heterocycles. The minimum atomic E-state index is 0.449. The summed E-state index contributed by atoms with van der Waals surface area (Å²) in [6, 6.07) is 1.84. The molecule has 0 amide bonds. The van der Waals surface area contributed by atoms with Gasteiger partial charge in [-0.15, -0.1) is 0 Å². The monoisotopic (exact) mass is 327 g/mol. The first-order valence-electron chi connectivity index (χ1n) is 7.52. The standard InChI is InChI=1S/C17H25N7/c1-10-9-11(2)19-13(4)21-15(6)23-17(8)24-16(7)22-14(5)20-12(3)18-10/h9,18H,1,3H2,2,4-8H3,(H,19,20,21,22,23,24). The molecule has 0 atom stereocenters. The molecule has 0 radical (unpaired) electrons. The first-order chi connectivity index (χ1) is 11.2. The Balaban J connectivity index is 3.90. The lowest BCUT2D eigenvalue weighted by Gasteiger charge is -1.94. The van der Waals surface area contributed by atoms with Gasteiger partial charge in [-0.1, -0.05) is 13.2 Å². The van der Waals surface area contributed by atoms with E-state index >= 15 is 0 Å². The van der Waals surface area contributed by atoms with Gasteiger partial charge in [0.05, 0.1) is 0 Å². The lowest BCUT2D eigenvalue weighted by molar-refractivity contribution is 0.900. The molecule has 0 bridgehead atoms. The lowest BCUT2D eigenvalue weighted by atomic mass is 10.4. The maximum atomic E-state index is 4.39. The Morgan fingerprint density at radius 1 is 0.667 bits per heavy atom. The molecular formula is C17H25N7. The quantitative estimate of drug-likeness (QED) is 0.750. The highest BCUT2D eigenvalue weighted by Crippen LogP contribution is 1.89. The summed E-state index contributed by atoms with van der Waals surface area (Å²) in [6.07, 6.45) is 0. The van der Waals surface area contributed by atoms with E-state index in [-0.39, 0.29) is 0 Å². The summed E-state index contributed by atoms with van der Waals surface area (Å²) in [5, 5.41) is 0.654. The van der Waals surface area contributed by atoms with E-state index in [0.717, 1.165) is 11.5 Å². The summed E-state index contributed by atoms with van der Waals surface area (Å²) >= 11 is 0. The Labute approximate surface area is 142 Å². The molecule has 24 heavy (non-hydrogen) atoms. The highest BCUT2D eigenvalue weighted by molar-refractivity contribution is 5.02. The van der Waals surface area contributed by atoms with Crippen LogP contribution in [0.2, 0.25) is 0 Å². The molecule has 0 saturated heterocycles. The first kappa shape index (κ1) is 19.2. The van der Waals surface area contributed by atoms with Crippen LogP contribution in [0.5, 0.6) is 0 Å². The Hall–Kier alpha value is -2.83. The Morgan fingerprint density at radius 3 is 1.67 bits per heavy atom. The number of nitrogens with zero attached hydrogens (tertiary/aromatic N) is 5. The number of H-pyrrole nitrogens is 2. The molecule has 1 heterocycles. The maximum Gasteiger partial charge on any atom is 0.129 e. The molecule has 2 N–H and O–H groups in total. The highest BCUT2D eigenvalue weighted by atomic mass is 15.0. The van der Waals surface area contributed by atoms with Crippen LogP contribution in [0.15, 0.2) is 6.07 Å². The SMILES string of the molecule is C=c1cc(C)[nH]c(C)nc(C)nc(C)nc(C)nc(C)nc(=C)[nH]1. The zero-order valence-corrected chi connectivity index (χ0v) is 15.2. The molecule has 0 aliphatic rings. The fraction of sp³-hybridized carbons (Fsp3) is 0.353. The second-order valence-electron chi connectivity index (χ2n) is 5.38. The zero-order valence-electron chi connectivity index (χ0n) is 15.2. The van der Waals surface area contributed by atoms with Gasteiger partial charge in [-0.25, -0.2) is 24.9 Å². The average molecular weight is 327 g/mol.